The fraction of sp³-hybridized carbons (Fsp3) is 0.136. The molecule has 0 fully saturated rings. The molecule has 3 heterocycles. The minimum atomic E-state index is -0.238. The molecule has 0 aliphatic rings. The maximum absolute atomic E-state index is 10.8. The lowest BCUT2D eigenvalue weighted by Crippen LogP contribution is -2.38. The monoisotopic (exact) mass is 390 g/mol. The largest absolute Gasteiger partial charge is 0.346 e. The van der Waals surface area contributed by atoms with Crippen molar-refractivity contribution in [1.29, 1.82) is 0 Å². The van der Waals surface area contributed by atoms with Gasteiger partial charge in [-0.05, 0) is 46.7 Å². The molecule has 142 valence electrons. The normalized spacial score (nSPS) is 12.2. The van der Waals surface area contributed by atoms with Crippen LogP contribution in [0.15, 0.2) is 72.9 Å². The Bertz CT molecular complexity index is 1090. The molecule has 4 rings (SSSR count). The predicted molar refractivity (Wildman–Crippen MR) is 115 cm³/mol. The number of fused-ring (bicyclic) bond motifs is 1. The molecule has 0 spiro atoms. The van der Waals surface area contributed by atoms with Crippen molar-refractivity contribution in [2.24, 2.45) is 5.73 Å². The number of rotatable bonds is 7. The van der Waals surface area contributed by atoms with Crippen molar-refractivity contribution in [1.82, 2.24) is 15.0 Å². The molecule has 0 amide bonds. The second kappa shape index (κ2) is 7.98. The Morgan fingerprint density at radius 2 is 2.07 bits per heavy atom. The molecular weight excluding hydrogens is 368 g/mol. The van der Waals surface area contributed by atoms with Crippen LogP contribution >= 0.6 is 11.3 Å². The fourth-order valence-corrected chi connectivity index (χ4v) is 4.20. The number of nitrogens with one attached hydrogen (secondary N) is 1. The van der Waals surface area contributed by atoms with Crippen LogP contribution in [0.25, 0.3) is 27.9 Å². The summed E-state index contributed by atoms with van der Waals surface area (Å²) in [6.45, 7) is 4.44. The number of hydrogen-bond acceptors (Lipinski definition) is 5. The first kappa shape index (κ1) is 18.4. The molecule has 5 nitrogen and oxygen atoms in total. The summed E-state index contributed by atoms with van der Waals surface area (Å²) in [6, 6.07) is 15.9. The summed E-state index contributed by atoms with van der Waals surface area (Å²) in [6.07, 6.45) is 4.33. The Morgan fingerprint density at radius 1 is 1.25 bits per heavy atom. The van der Waals surface area contributed by atoms with Gasteiger partial charge in [-0.3, -0.25) is 10.3 Å². The number of H-pyrrole nitrogens is 1. The first-order valence-corrected chi connectivity index (χ1v) is 9.97. The van der Waals surface area contributed by atoms with Gasteiger partial charge in [-0.1, -0.05) is 36.9 Å². The van der Waals surface area contributed by atoms with Crippen molar-refractivity contribution in [3.05, 3.63) is 83.3 Å². The molecule has 6 heteroatoms. The number of hydrogen-bond donors (Lipinski definition) is 3. The number of pyridine rings is 1. The highest BCUT2D eigenvalue weighted by atomic mass is 32.1. The molecule has 0 radical (unpaired) electrons. The van der Waals surface area contributed by atoms with Crippen molar-refractivity contribution in [2.45, 2.75) is 12.5 Å². The van der Waals surface area contributed by atoms with Gasteiger partial charge in [0, 0.05) is 24.3 Å². The van der Waals surface area contributed by atoms with E-state index in [9.17, 15) is 5.21 Å². The number of benzene rings is 1. The van der Waals surface area contributed by atoms with Crippen LogP contribution in [0.4, 0.5) is 0 Å². The molecule has 3 aromatic heterocycles. The second-order valence-corrected chi connectivity index (χ2v) is 7.58. The van der Waals surface area contributed by atoms with Crippen molar-refractivity contribution >= 4 is 28.1 Å². The van der Waals surface area contributed by atoms with Crippen molar-refractivity contribution in [2.75, 3.05) is 6.54 Å². The Morgan fingerprint density at radius 3 is 2.86 bits per heavy atom. The Balaban J connectivity index is 1.56. The summed E-state index contributed by atoms with van der Waals surface area (Å²) in [4.78, 5) is 8.38. The lowest BCUT2D eigenvalue weighted by atomic mass is 10.0. The molecule has 1 aromatic carbocycles. The summed E-state index contributed by atoms with van der Waals surface area (Å²) in [5.74, 6) is 0. The van der Waals surface area contributed by atoms with Gasteiger partial charge in [-0.25, -0.2) is 4.98 Å². The molecule has 1 atom stereocenters. The zero-order chi connectivity index (χ0) is 19.5. The lowest BCUT2D eigenvalue weighted by molar-refractivity contribution is -0.0621. The van der Waals surface area contributed by atoms with Crippen LogP contribution in [0.5, 0.6) is 0 Å². The van der Waals surface area contributed by atoms with Crippen LogP contribution < -0.4 is 5.73 Å². The molecule has 4 aromatic rings. The van der Waals surface area contributed by atoms with Crippen LogP contribution in [-0.4, -0.2) is 32.8 Å². The average Bonchev–Trinajstić information content (AvgIpc) is 3.41. The Kier molecular flexibility index (Phi) is 5.25. The Hall–Kier alpha value is -2.93. The van der Waals surface area contributed by atoms with E-state index in [1.165, 1.54) is 5.06 Å². The highest BCUT2D eigenvalue weighted by molar-refractivity contribution is 7.11. The van der Waals surface area contributed by atoms with E-state index in [-0.39, 0.29) is 6.04 Å². The van der Waals surface area contributed by atoms with E-state index in [0.29, 0.717) is 18.7 Å². The van der Waals surface area contributed by atoms with Gasteiger partial charge in [0.15, 0.2) is 0 Å². The standard InChI is InChI=1S/C22H22N4OS/c1-15(26(27)18(13-23)11-16-5-3-2-4-6-16)21-12-17(14-28-21)19-7-9-24-22-20(19)8-10-25-22/h2-10,12,14,18,27H,1,11,13,23H2,(H,24,25). The fourth-order valence-electron chi connectivity index (χ4n) is 3.33. The molecule has 0 bridgehead atoms. The number of thiophene rings is 1. The number of aromatic nitrogens is 2. The zero-order valence-corrected chi connectivity index (χ0v) is 16.2. The first-order chi connectivity index (χ1) is 13.7. The van der Waals surface area contributed by atoms with Gasteiger partial charge in [0.2, 0.25) is 0 Å². The number of aromatic amines is 1. The summed E-state index contributed by atoms with van der Waals surface area (Å²) in [5.41, 5.74) is 10.7. The summed E-state index contributed by atoms with van der Waals surface area (Å²) < 4.78 is 0. The highest BCUT2D eigenvalue weighted by Gasteiger charge is 2.20. The quantitative estimate of drug-likeness (QED) is 0.405. The molecule has 0 saturated carbocycles. The Labute approximate surface area is 167 Å². The van der Waals surface area contributed by atoms with E-state index >= 15 is 0 Å². The molecule has 0 aliphatic carbocycles. The van der Waals surface area contributed by atoms with Crippen LogP contribution in [0.3, 0.4) is 0 Å². The van der Waals surface area contributed by atoms with Crippen molar-refractivity contribution in [3.63, 3.8) is 0 Å². The summed E-state index contributed by atoms with van der Waals surface area (Å²) in [5, 5.41) is 15.1. The van der Waals surface area contributed by atoms with Crippen molar-refractivity contribution in [3.8, 4) is 11.1 Å². The molecule has 28 heavy (non-hydrogen) atoms. The SMILES string of the molecule is C=C(c1cc(-c2ccnc3[nH]ccc23)cs1)N(O)C(CN)Cc1ccccc1. The summed E-state index contributed by atoms with van der Waals surface area (Å²) in [7, 11) is 0. The van der Waals surface area contributed by atoms with Crippen LogP contribution in [-0.2, 0) is 6.42 Å². The first-order valence-electron chi connectivity index (χ1n) is 9.09. The molecule has 0 saturated heterocycles. The number of nitrogens with zero attached hydrogens (tertiary/aromatic N) is 2. The third kappa shape index (κ3) is 3.57. The molecular formula is C22H22N4OS. The van der Waals surface area contributed by atoms with Gasteiger partial charge in [-0.15, -0.1) is 11.3 Å². The topological polar surface area (TPSA) is 78.2 Å². The maximum atomic E-state index is 10.8. The van der Waals surface area contributed by atoms with Gasteiger partial charge in [0.25, 0.3) is 0 Å². The van der Waals surface area contributed by atoms with Crippen molar-refractivity contribution < 1.29 is 5.21 Å². The van der Waals surface area contributed by atoms with E-state index in [0.717, 1.165) is 32.6 Å². The van der Waals surface area contributed by atoms with Gasteiger partial charge in [0.05, 0.1) is 16.6 Å². The minimum absolute atomic E-state index is 0.238. The highest BCUT2D eigenvalue weighted by Crippen LogP contribution is 2.34. The lowest BCUT2D eigenvalue weighted by Gasteiger charge is -2.27. The van der Waals surface area contributed by atoms with E-state index in [1.54, 1.807) is 17.5 Å². The summed E-state index contributed by atoms with van der Waals surface area (Å²) >= 11 is 1.55. The third-order valence-electron chi connectivity index (χ3n) is 4.86. The van der Waals surface area contributed by atoms with E-state index < -0.39 is 0 Å². The molecule has 0 aliphatic heterocycles. The molecule has 1 unspecified atom stereocenters. The van der Waals surface area contributed by atoms with E-state index in [2.05, 4.69) is 21.9 Å². The van der Waals surface area contributed by atoms with Gasteiger partial charge in [-0.2, -0.15) is 0 Å². The zero-order valence-electron chi connectivity index (χ0n) is 15.4. The van der Waals surface area contributed by atoms with Crippen LogP contribution in [0.2, 0.25) is 0 Å². The van der Waals surface area contributed by atoms with Gasteiger partial charge >= 0.3 is 0 Å². The van der Waals surface area contributed by atoms with Crippen LogP contribution in [0, 0.1) is 0 Å². The van der Waals surface area contributed by atoms with E-state index in [1.807, 2.05) is 54.7 Å². The molecule has 4 N–H and O–H groups in total. The minimum Gasteiger partial charge on any atom is -0.346 e. The third-order valence-corrected chi connectivity index (χ3v) is 5.84. The maximum Gasteiger partial charge on any atom is 0.137 e. The van der Waals surface area contributed by atoms with E-state index in [4.69, 9.17) is 5.73 Å². The average molecular weight is 391 g/mol. The number of nitrogens with two attached hydrogens (primary N) is 1. The number of hydroxylamine groups is 2. The van der Waals surface area contributed by atoms with Gasteiger partial charge in [0.1, 0.15) is 5.65 Å². The van der Waals surface area contributed by atoms with Crippen LogP contribution in [0.1, 0.15) is 10.4 Å². The predicted octanol–water partition coefficient (Wildman–Crippen LogP) is 4.52. The van der Waals surface area contributed by atoms with Gasteiger partial charge < -0.3 is 10.7 Å². The second-order valence-electron chi connectivity index (χ2n) is 6.67. The smallest absolute Gasteiger partial charge is 0.137 e.